The maximum Gasteiger partial charge on any atom is 0.262 e. The molecule has 0 bridgehead atoms. The fraction of sp³-hybridized carbons (Fsp3) is 0.526. The van der Waals surface area contributed by atoms with Crippen LogP contribution >= 0.6 is 12.2 Å². The average molecular weight is 389 g/mol. The van der Waals surface area contributed by atoms with Crippen molar-refractivity contribution >= 4 is 28.9 Å². The van der Waals surface area contributed by atoms with E-state index in [4.69, 9.17) is 22.1 Å². The molecule has 0 saturated carbocycles. The number of hydrogen-bond acceptors (Lipinski definition) is 4. The first-order chi connectivity index (χ1) is 13.2. The number of piperidine rings is 1. The van der Waals surface area contributed by atoms with Gasteiger partial charge in [-0.25, -0.2) is 0 Å². The second-order valence-electron chi connectivity index (χ2n) is 7.21. The molecule has 0 amide bonds. The van der Waals surface area contributed by atoms with Crippen molar-refractivity contribution in [2.24, 2.45) is 0 Å². The fourth-order valence-corrected chi connectivity index (χ4v) is 4.25. The molecule has 1 aliphatic heterocycles. The van der Waals surface area contributed by atoms with Crippen molar-refractivity contribution in [1.82, 2.24) is 18.7 Å². The van der Waals surface area contributed by atoms with E-state index in [1.54, 1.807) is 11.7 Å². The van der Waals surface area contributed by atoms with Crippen LogP contribution in [-0.2, 0) is 18.0 Å². The zero-order valence-electron chi connectivity index (χ0n) is 15.7. The van der Waals surface area contributed by atoms with Gasteiger partial charge in [-0.1, -0.05) is 12.1 Å². The summed E-state index contributed by atoms with van der Waals surface area (Å²) in [5, 5.41) is 5.44. The largest absolute Gasteiger partial charge is 0.385 e. The van der Waals surface area contributed by atoms with Crippen LogP contribution in [-0.4, -0.2) is 45.6 Å². The highest BCUT2D eigenvalue weighted by atomic mass is 32.1. The highest BCUT2D eigenvalue weighted by molar-refractivity contribution is 7.71. The van der Waals surface area contributed by atoms with Gasteiger partial charge in [0.1, 0.15) is 0 Å². The van der Waals surface area contributed by atoms with Crippen LogP contribution in [0, 0.1) is 4.77 Å². The lowest BCUT2D eigenvalue weighted by molar-refractivity contribution is -0.928. The maximum atomic E-state index is 13.1. The first-order valence-corrected chi connectivity index (χ1v) is 10.0. The van der Waals surface area contributed by atoms with Crippen LogP contribution in [0.1, 0.15) is 25.7 Å². The summed E-state index contributed by atoms with van der Waals surface area (Å²) in [6.07, 6.45) is 4.56. The van der Waals surface area contributed by atoms with Gasteiger partial charge < -0.3 is 9.64 Å². The number of aryl methyl sites for hydroxylation is 1. The summed E-state index contributed by atoms with van der Waals surface area (Å²) < 4.78 is 11.4. The van der Waals surface area contributed by atoms with Crippen LogP contribution in [0.3, 0.4) is 0 Å². The van der Waals surface area contributed by atoms with E-state index in [1.165, 1.54) is 24.2 Å². The number of ether oxygens (including phenoxy) is 1. The Balaban J connectivity index is 1.87. The Morgan fingerprint density at radius 3 is 2.78 bits per heavy atom. The number of rotatable bonds is 6. The third kappa shape index (κ3) is 3.44. The number of aromatic nitrogens is 4. The van der Waals surface area contributed by atoms with Gasteiger partial charge in [0.2, 0.25) is 10.5 Å². The quantitative estimate of drug-likeness (QED) is 0.510. The lowest BCUT2D eigenvalue weighted by atomic mass is 10.1. The summed E-state index contributed by atoms with van der Waals surface area (Å²) in [4.78, 5) is 14.6. The molecule has 1 fully saturated rings. The van der Waals surface area contributed by atoms with Gasteiger partial charge in [0, 0.05) is 20.3 Å². The van der Waals surface area contributed by atoms with Gasteiger partial charge in [0.15, 0.2) is 6.67 Å². The van der Waals surface area contributed by atoms with Crippen LogP contribution in [0.15, 0.2) is 29.1 Å². The molecule has 1 aliphatic rings. The molecule has 144 valence electrons. The minimum Gasteiger partial charge on any atom is -0.385 e. The molecule has 3 heterocycles. The molecule has 3 aromatic rings. The lowest BCUT2D eigenvalue weighted by Gasteiger charge is -2.22. The van der Waals surface area contributed by atoms with E-state index in [9.17, 15) is 4.79 Å². The second-order valence-corrected chi connectivity index (χ2v) is 7.57. The third-order valence-electron chi connectivity index (χ3n) is 5.35. The molecule has 0 radical (unpaired) electrons. The topological polar surface area (TPSA) is 57.9 Å². The Kier molecular flexibility index (Phi) is 5.38. The molecule has 0 unspecified atom stereocenters. The van der Waals surface area contributed by atoms with Crippen molar-refractivity contribution in [3.05, 3.63) is 39.4 Å². The molecule has 1 aromatic carbocycles. The minimum absolute atomic E-state index is 0.0216. The number of hydrogen-bond donors (Lipinski definition) is 1. The van der Waals surface area contributed by atoms with Crippen molar-refractivity contribution in [1.29, 1.82) is 0 Å². The summed E-state index contributed by atoms with van der Waals surface area (Å²) in [5.41, 5.74) is 0.803. The van der Waals surface area contributed by atoms with Crippen LogP contribution in [0.2, 0.25) is 0 Å². The summed E-state index contributed by atoms with van der Waals surface area (Å²) in [6, 6.07) is 7.63. The summed E-state index contributed by atoms with van der Waals surface area (Å²) in [5.74, 6) is 0.621. The first kappa shape index (κ1) is 18.3. The molecule has 1 N–H and O–H groups in total. The van der Waals surface area contributed by atoms with E-state index < -0.39 is 0 Å². The fourth-order valence-electron chi connectivity index (χ4n) is 3.96. The van der Waals surface area contributed by atoms with Crippen molar-refractivity contribution in [3.8, 4) is 0 Å². The summed E-state index contributed by atoms with van der Waals surface area (Å²) in [7, 11) is 1.67. The zero-order chi connectivity index (χ0) is 18.8. The Morgan fingerprint density at radius 2 is 2.00 bits per heavy atom. The molecule has 0 spiro atoms. The molecular weight excluding hydrogens is 362 g/mol. The maximum absolute atomic E-state index is 13.1. The van der Waals surface area contributed by atoms with Gasteiger partial charge in [-0.15, -0.1) is 5.10 Å². The Morgan fingerprint density at radius 1 is 1.22 bits per heavy atom. The van der Waals surface area contributed by atoms with Crippen LogP contribution in [0.25, 0.3) is 16.7 Å². The SMILES string of the molecule is COCCCn1c(=O)c2ccccc2n2c(=S)n(C[NH+]3CCCCC3)nc12. The van der Waals surface area contributed by atoms with Crippen LogP contribution in [0.4, 0.5) is 0 Å². The Bertz CT molecular complexity index is 1060. The van der Waals surface area contributed by atoms with Crippen LogP contribution in [0.5, 0.6) is 0 Å². The highest BCUT2D eigenvalue weighted by Crippen LogP contribution is 2.14. The highest BCUT2D eigenvalue weighted by Gasteiger charge is 2.19. The van der Waals surface area contributed by atoms with E-state index in [1.807, 2.05) is 33.3 Å². The molecule has 1 saturated heterocycles. The van der Waals surface area contributed by atoms with Gasteiger partial charge in [0.05, 0.1) is 24.0 Å². The monoisotopic (exact) mass is 388 g/mol. The number of likely N-dealkylation sites (tertiary alicyclic amines) is 1. The first-order valence-electron chi connectivity index (χ1n) is 9.64. The number of para-hydroxylation sites is 1. The van der Waals surface area contributed by atoms with Gasteiger partial charge in [-0.05, 0) is 50.0 Å². The lowest BCUT2D eigenvalue weighted by Crippen LogP contribution is -3.12. The van der Waals surface area contributed by atoms with Crippen molar-refractivity contribution in [3.63, 3.8) is 0 Å². The van der Waals surface area contributed by atoms with Crippen molar-refractivity contribution in [2.45, 2.75) is 38.9 Å². The summed E-state index contributed by atoms with van der Waals surface area (Å²) in [6.45, 7) is 4.21. The molecule has 7 nitrogen and oxygen atoms in total. The van der Waals surface area contributed by atoms with Crippen molar-refractivity contribution in [2.75, 3.05) is 26.8 Å². The van der Waals surface area contributed by atoms with Gasteiger partial charge in [0.25, 0.3) is 5.56 Å². The standard InChI is InChI=1S/C19H25N5O2S/c1-26-13-7-12-22-17(25)15-8-3-4-9-16(15)24-18(22)20-23(19(24)27)14-21-10-5-2-6-11-21/h3-4,8-9H,2,5-7,10-14H2,1H3/p+1. The molecule has 0 atom stereocenters. The number of nitrogens with zero attached hydrogens (tertiary/aromatic N) is 4. The number of fused-ring (bicyclic) bond motifs is 3. The minimum atomic E-state index is -0.0216. The van der Waals surface area contributed by atoms with Gasteiger partial charge in [-0.3, -0.25) is 13.8 Å². The molecular formula is C19H26N5O2S+. The average Bonchev–Trinajstić information content (AvgIpc) is 3.01. The zero-order valence-corrected chi connectivity index (χ0v) is 16.5. The number of benzene rings is 1. The van der Waals surface area contributed by atoms with Crippen molar-refractivity contribution < 1.29 is 9.64 Å². The van der Waals surface area contributed by atoms with Gasteiger partial charge >= 0.3 is 0 Å². The summed E-state index contributed by atoms with van der Waals surface area (Å²) >= 11 is 5.77. The smallest absolute Gasteiger partial charge is 0.262 e. The van der Waals surface area contributed by atoms with E-state index in [-0.39, 0.29) is 5.56 Å². The molecule has 27 heavy (non-hydrogen) atoms. The number of nitrogens with one attached hydrogen (secondary N) is 1. The van der Waals surface area contributed by atoms with E-state index in [0.717, 1.165) is 31.7 Å². The molecule has 4 rings (SSSR count). The number of quaternary nitrogens is 1. The predicted octanol–water partition coefficient (Wildman–Crippen LogP) is 1.24. The van der Waals surface area contributed by atoms with Gasteiger partial charge in [-0.2, -0.15) is 4.68 Å². The van der Waals surface area contributed by atoms with E-state index in [2.05, 4.69) is 0 Å². The molecule has 8 heteroatoms. The normalized spacial score (nSPS) is 15.7. The van der Waals surface area contributed by atoms with E-state index in [0.29, 0.717) is 29.1 Å². The number of methoxy groups -OCH3 is 1. The van der Waals surface area contributed by atoms with Crippen LogP contribution < -0.4 is 10.5 Å². The van der Waals surface area contributed by atoms with E-state index >= 15 is 0 Å². The Labute approximate surface area is 162 Å². The Hall–Kier alpha value is -2.03. The third-order valence-corrected chi connectivity index (χ3v) is 5.74. The predicted molar refractivity (Wildman–Crippen MR) is 107 cm³/mol. The molecule has 2 aromatic heterocycles. The second kappa shape index (κ2) is 7.92. The molecule has 0 aliphatic carbocycles.